The van der Waals surface area contributed by atoms with Crippen LogP contribution in [0.2, 0.25) is 0 Å². The number of hydrogen-bond donors (Lipinski definition) is 2. The van der Waals surface area contributed by atoms with Crippen LogP contribution in [-0.2, 0) is 5.41 Å². The number of hydrogen-bond acceptors (Lipinski definition) is 2. The summed E-state index contributed by atoms with van der Waals surface area (Å²) in [6.07, 6.45) is 0. The molecule has 198 valence electrons. The van der Waals surface area contributed by atoms with Crippen LogP contribution in [-0.4, -0.2) is 0 Å². The lowest BCUT2D eigenvalue weighted by Crippen LogP contribution is -2.15. The zero-order chi connectivity index (χ0) is 28.1. The summed E-state index contributed by atoms with van der Waals surface area (Å²) in [5.41, 5.74) is 15.2. The fraction of sp³-hybridized carbons (Fsp3) is 0.0769. The molecule has 6 aromatic carbocycles. The van der Waals surface area contributed by atoms with Gasteiger partial charge in [-0.2, -0.15) is 0 Å². The van der Waals surface area contributed by atoms with E-state index in [0.717, 1.165) is 9.79 Å². The molecular formula is C39H30S2. The summed E-state index contributed by atoms with van der Waals surface area (Å²) in [6.45, 7) is 4.71. The molecule has 0 unspecified atom stereocenters. The Hall–Kier alpha value is -3.98. The highest BCUT2D eigenvalue weighted by Gasteiger charge is 2.35. The quantitative estimate of drug-likeness (QED) is 0.196. The van der Waals surface area contributed by atoms with Gasteiger partial charge in [0, 0.05) is 15.2 Å². The molecule has 7 rings (SSSR count). The SMILES string of the molecule is CC1(C)c2cc(-c3ccc(-c4ccc(S)cc4)cc3)ccc2-c2ccc(-c3ccc(-c4ccc(S)cc4)cc3)cc21. The summed E-state index contributed by atoms with van der Waals surface area (Å²) >= 11 is 8.83. The molecule has 0 fully saturated rings. The van der Waals surface area contributed by atoms with Gasteiger partial charge >= 0.3 is 0 Å². The van der Waals surface area contributed by atoms with E-state index in [4.69, 9.17) is 0 Å². The lowest BCUT2D eigenvalue weighted by atomic mass is 9.80. The van der Waals surface area contributed by atoms with E-state index in [1.54, 1.807) is 0 Å². The van der Waals surface area contributed by atoms with Gasteiger partial charge in [-0.25, -0.2) is 0 Å². The fourth-order valence-electron chi connectivity index (χ4n) is 6.11. The monoisotopic (exact) mass is 562 g/mol. The molecule has 0 saturated carbocycles. The van der Waals surface area contributed by atoms with Gasteiger partial charge in [0.15, 0.2) is 0 Å². The first-order chi connectivity index (χ1) is 19.9. The second-order valence-electron chi connectivity index (χ2n) is 11.4. The third-order valence-corrected chi connectivity index (χ3v) is 9.11. The highest BCUT2D eigenvalue weighted by Crippen LogP contribution is 2.50. The maximum Gasteiger partial charge on any atom is 0.0159 e. The minimum absolute atomic E-state index is 0.0835. The van der Waals surface area contributed by atoms with Crippen LogP contribution in [0.4, 0.5) is 0 Å². The molecule has 0 N–H and O–H groups in total. The normalized spacial score (nSPS) is 13.1. The van der Waals surface area contributed by atoms with Crippen LogP contribution >= 0.6 is 25.3 Å². The Morgan fingerprint density at radius 2 is 0.585 bits per heavy atom. The molecule has 0 atom stereocenters. The van der Waals surface area contributed by atoms with E-state index in [0.29, 0.717) is 0 Å². The summed E-state index contributed by atoms with van der Waals surface area (Å²) in [5, 5.41) is 0. The molecule has 41 heavy (non-hydrogen) atoms. The first-order valence-corrected chi connectivity index (χ1v) is 14.9. The van der Waals surface area contributed by atoms with E-state index in [9.17, 15) is 0 Å². The van der Waals surface area contributed by atoms with Gasteiger partial charge < -0.3 is 0 Å². The Morgan fingerprint density at radius 3 is 0.902 bits per heavy atom. The molecule has 0 nitrogen and oxygen atoms in total. The molecule has 0 aromatic heterocycles. The fourth-order valence-corrected chi connectivity index (χ4v) is 6.41. The van der Waals surface area contributed by atoms with Crippen LogP contribution in [0.3, 0.4) is 0 Å². The first kappa shape index (κ1) is 26.0. The molecule has 1 aliphatic rings. The summed E-state index contributed by atoms with van der Waals surface area (Å²) in [5.74, 6) is 0. The Morgan fingerprint density at radius 1 is 0.341 bits per heavy atom. The molecule has 1 aliphatic carbocycles. The number of rotatable bonds is 4. The molecule has 0 aliphatic heterocycles. The molecule has 0 radical (unpaired) electrons. The van der Waals surface area contributed by atoms with Crippen LogP contribution < -0.4 is 0 Å². The standard InChI is InChI=1S/C39H30S2/c1-39(2)37-23-31(29-7-3-25(4-8-29)27-11-17-33(40)18-12-27)15-21-35(37)36-22-16-32(24-38(36)39)30-9-5-26(6-10-30)28-13-19-34(41)20-14-28/h3-24,40-41H,1-2H3. The summed E-state index contributed by atoms with van der Waals surface area (Å²) < 4.78 is 0. The average molecular weight is 563 g/mol. The van der Waals surface area contributed by atoms with E-state index in [-0.39, 0.29) is 5.41 Å². The van der Waals surface area contributed by atoms with Gasteiger partial charge in [-0.3, -0.25) is 0 Å². The maximum absolute atomic E-state index is 4.41. The van der Waals surface area contributed by atoms with E-state index >= 15 is 0 Å². The lowest BCUT2D eigenvalue weighted by molar-refractivity contribution is 0.661. The molecule has 0 heterocycles. The Bertz CT molecular complexity index is 1740. The first-order valence-electron chi connectivity index (χ1n) is 14.0. The molecule has 0 spiro atoms. The third-order valence-electron chi connectivity index (χ3n) is 8.51. The molecule has 0 amide bonds. The second kappa shape index (κ2) is 10.1. The van der Waals surface area contributed by atoms with Crippen molar-refractivity contribution >= 4 is 25.3 Å². The van der Waals surface area contributed by atoms with Gasteiger partial charge in [-0.05, 0) is 103 Å². The van der Waals surface area contributed by atoms with Crippen LogP contribution in [0, 0.1) is 0 Å². The van der Waals surface area contributed by atoms with Crippen molar-refractivity contribution in [3.63, 3.8) is 0 Å². The van der Waals surface area contributed by atoms with Crippen LogP contribution in [0.25, 0.3) is 55.6 Å². The summed E-state index contributed by atoms with van der Waals surface area (Å²) in [6, 6.07) is 48.3. The van der Waals surface area contributed by atoms with E-state index in [1.807, 2.05) is 24.3 Å². The molecule has 0 saturated heterocycles. The largest absolute Gasteiger partial charge is 0.143 e. The van der Waals surface area contributed by atoms with Crippen molar-refractivity contribution in [1.82, 2.24) is 0 Å². The Kier molecular flexibility index (Phi) is 6.42. The maximum atomic E-state index is 4.41. The summed E-state index contributed by atoms with van der Waals surface area (Å²) in [4.78, 5) is 1.96. The summed E-state index contributed by atoms with van der Waals surface area (Å²) in [7, 11) is 0. The van der Waals surface area contributed by atoms with Gasteiger partial charge in [0.05, 0.1) is 0 Å². The van der Waals surface area contributed by atoms with Crippen LogP contribution in [0.15, 0.2) is 143 Å². The number of benzene rings is 6. The van der Waals surface area contributed by atoms with Gasteiger partial charge in [-0.1, -0.05) is 111 Å². The highest BCUT2D eigenvalue weighted by molar-refractivity contribution is 7.80. The minimum atomic E-state index is -0.0835. The predicted octanol–water partition coefficient (Wildman–Crippen LogP) is 11.2. The third kappa shape index (κ3) is 4.72. The van der Waals surface area contributed by atoms with E-state index < -0.39 is 0 Å². The van der Waals surface area contributed by atoms with Crippen molar-refractivity contribution in [2.45, 2.75) is 29.1 Å². The van der Waals surface area contributed by atoms with Crippen molar-refractivity contribution < 1.29 is 0 Å². The number of thiol groups is 2. The van der Waals surface area contributed by atoms with Gasteiger partial charge in [0.2, 0.25) is 0 Å². The zero-order valence-electron chi connectivity index (χ0n) is 23.1. The molecular weight excluding hydrogens is 533 g/mol. The molecule has 0 bridgehead atoms. The lowest BCUT2D eigenvalue weighted by Gasteiger charge is -2.22. The highest BCUT2D eigenvalue weighted by atomic mass is 32.1. The smallest absolute Gasteiger partial charge is 0.0159 e. The van der Waals surface area contributed by atoms with Crippen molar-refractivity contribution in [3.05, 3.63) is 145 Å². The van der Waals surface area contributed by atoms with Gasteiger partial charge in [0.1, 0.15) is 0 Å². The van der Waals surface area contributed by atoms with Crippen molar-refractivity contribution in [3.8, 4) is 55.6 Å². The van der Waals surface area contributed by atoms with E-state index in [2.05, 4.69) is 148 Å². The van der Waals surface area contributed by atoms with Crippen molar-refractivity contribution in [1.29, 1.82) is 0 Å². The minimum Gasteiger partial charge on any atom is -0.143 e. The van der Waals surface area contributed by atoms with Crippen LogP contribution in [0.5, 0.6) is 0 Å². The van der Waals surface area contributed by atoms with Crippen molar-refractivity contribution in [2.24, 2.45) is 0 Å². The zero-order valence-corrected chi connectivity index (χ0v) is 24.9. The van der Waals surface area contributed by atoms with Crippen molar-refractivity contribution in [2.75, 3.05) is 0 Å². The average Bonchev–Trinajstić information content (AvgIpc) is 3.23. The van der Waals surface area contributed by atoms with E-state index in [1.165, 1.54) is 66.8 Å². The number of fused-ring (bicyclic) bond motifs is 3. The second-order valence-corrected chi connectivity index (χ2v) is 12.4. The van der Waals surface area contributed by atoms with Gasteiger partial charge in [-0.15, -0.1) is 25.3 Å². The topological polar surface area (TPSA) is 0 Å². The molecule has 6 aromatic rings. The predicted molar refractivity (Wildman–Crippen MR) is 180 cm³/mol. The van der Waals surface area contributed by atoms with Crippen LogP contribution in [0.1, 0.15) is 25.0 Å². The van der Waals surface area contributed by atoms with Gasteiger partial charge in [0.25, 0.3) is 0 Å². The molecule has 2 heteroatoms. The Balaban J connectivity index is 1.18. The Labute approximate surface area is 253 Å².